The van der Waals surface area contributed by atoms with Crippen LogP contribution >= 0.6 is 46.4 Å². The molecule has 0 aromatic rings. The molecule has 0 aliphatic carbocycles. The zero-order valence-electron chi connectivity index (χ0n) is 4.91. The molecule has 0 saturated carbocycles. The van der Waals surface area contributed by atoms with Gasteiger partial charge in [0.15, 0.2) is 0 Å². The van der Waals surface area contributed by atoms with Gasteiger partial charge in [-0.25, -0.2) is 0 Å². The third-order valence-electron chi connectivity index (χ3n) is 0.155. The van der Waals surface area contributed by atoms with Crippen molar-refractivity contribution in [1.29, 1.82) is 0 Å². The summed E-state index contributed by atoms with van der Waals surface area (Å²) in [5.41, 5.74) is 0. The molecule has 0 bridgehead atoms. The molecule has 6 heteroatoms. The van der Waals surface area contributed by atoms with Crippen molar-refractivity contribution in [2.24, 2.45) is 0 Å². The minimum absolute atomic E-state index is 0.222. The second-order valence-electron chi connectivity index (χ2n) is 1.07. The van der Waals surface area contributed by atoms with E-state index in [1.165, 1.54) is 0 Å². The fraction of sp³-hybridized carbons (Fsp3) is 0.500. The highest BCUT2D eigenvalue weighted by Gasteiger charge is 2.01. The minimum atomic E-state index is -1.14. The molecule has 60 valence electrons. The summed E-state index contributed by atoms with van der Waals surface area (Å²) in [5, 5.41) is -2.28. The van der Waals surface area contributed by atoms with Crippen LogP contribution in [0.25, 0.3) is 0 Å². The van der Waals surface area contributed by atoms with Crippen molar-refractivity contribution in [3.63, 3.8) is 0 Å². The highest BCUT2D eigenvalue weighted by molar-refractivity contribution is 6.97. The Hall–Kier alpha value is 0.500. The van der Waals surface area contributed by atoms with Gasteiger partial charge in [-0.05, 0) is 30.1 Å². The van der Waals surface area contributed by atoms with Crippen molar-refractivity contribution in [3.05, 3.63) is 0 Å². The van der Waals surface area contributed by atoms with Gasteiger partial charge < -0.3 is 0 Å². The second kappa shape index (κ2) is 7.61. The van der Waals surface area contributed by atoms with Gasteiger partial charge in [0.1, 0.15) is 4.84 Å². The van der Waals surface area contributed by atoms with Gasteiger partial charge in [0.05, 0.1) is 0 Å². The molecule has 0 radical (unpaired) electrons. The van der Waals surface area contributed by atoms with E-state index >= 15 is 0 Å². The van der Waals surface area contributed by atoms with Crippen LogP contribution in [-0.2, 0) is 9.59 Å². The molecule has 0 spiro atoms. The predicted molar refractivity (Wildman–Crippen MR) is 42.9 cm³/mol. The molecule has 0 aliphatic rings. The highest BCUT2D eigenvalue weighted by atomic mass is 35.5. The zero-order valence-corrected chi connectivity index (χ0v) is 7.93. The van der Waals surface area contributed by atoms with Crippen LogP contribution in [0.3, 0.4) is 0 Å². The monoisotopic (exact) mass is 224 g/mol. The maximum atomic E-state index is 9.43. The van der Waals surface area contributed by atoms with E-state index in [-0.39, 0.29) is 4.84 Å². The summed E-state index contributed by atoms with van der Waals surface area (Å²) >= 11 is 19.1. The average molecular weight is 226 g/mol. The maximum absolute atomic E-state index is 9.43. The molecular weight excluding hydrogens is 222 g/mol. The van der Waals surface area contributed by atoms with Gasteiger partial charge in [-0.2, -0.15) is 0 Å². The van der Waals surface area contributed by atoms with E-state index in [0.717, 1.165) is 0 Å². The third kappa shape index (κ3) is 23.6. The van der Waals surface area contributed by atoms with Crippen LogP contribution in [0.5, 0.6) is 0 Å². The van der Waals surface area contributed by atoms with E-state index in [2.05, 4.69) is 23.2 Å². The van der Waals surface area contributed by atoms with Crippen molar-refractivity contribution >= 4 is 56.9 Å². The first-order valence-electron chi connectivity index (χ1n) is 2.05. The summed E-state index contributed by atoms with van der Waals surface area (Å²) in [6.45, 7) is 1.70. The summed E-state index contributed by atoms with van der Waals surface area (Å²) in [5.74, 6) is 0. The van der Waals surface area contributed by atoms with Gasteiger partial charge in [0.2, 0.25) is 0 Å². The van der Waals surface area contributed by atoms with E-state index in [0.29, 0.717) is 0 Å². The molecular formula is C4H4Cl4O2. The van der Waals surface area contributed by atoms with Crippen LogP contribution in [-0.4, -0.2) is 15.3 Å². The Morgan fingerprint density at radius 3 is 1.20 bits per heavy atom. The van der Waals surface area contributed by atoms with Crippen molar-refractivity contribution in [2.45, 2.75) is 11.8 Å². The van der Waals surface area contributed by atoms with E-state index in [1.807, 2.05) is 0 Å². The first-order chi connectivity index (χ1) is 4.37. The summed E-state index contributed by atoms with van der Waals surface area (Å²) in [6.07, 6.45) is 0. The fourth-order valence-corrected chi connectivity index (χ4v) is 0. The molecule has 0 heterocycles. The lowest BCUT2D eigenvalue weighted by Gasteiger charge is -1.72. The minimum Gasteiger partial charge on any atom is -0.271 e. The molecule has 0 aliphatic heterocycles. The Bertz CT molecular complexity index is 108. The zero-order chi connectivity index (χ0) is 8.73. The van der Waals surface area contributed by atoms with Crippen LogP contribution in [0.1, 0.15) is 6.92 Å². The summed E-state index contributed by atoms with van der Waals surface area (Å²) < 4.78 is 0. The standard InChI is InChI=1S/C2Cl2O2.C2H4Cl2/c3-1(5)2(4)6;1-2(3)4/h;2H,1H3. The molecule has 0 rings (SSSR count). The summed E-state index contributed by atoms with van der Waals surface area (Å²) in [6, 6.07) is 0. The fourth-order valence-electron chi connectivity index (χ4n) is 0. The number of carbonyl (C=O) groups is 2. The van der Waals surface area contributed by atoms with Crippen LogP contribution in [0.4, 0.5) is 0 Å². The molecule has 0 saturated heterocycles. The molecule has 0 unspecified atom stereocenters. The first kappa shape index (κ1) is 13.1. The lowest BCUT2D eigenvalue weighted by atomic mass is 10.9. The molecule has 0 N–H and O–H groups in total. The molecule has 0 fully saturated rings. The van der Waals surface area contributed by atoms with Gasteiger partial charge in [-0.15, -0.1) is 23.2 Å². The Balaban J connectivity index is 0. The Morgan fingerprint density at radius 2 is 1.20 bits per heavy atom. The predicted octanol–water partition coefficient (Wildman–Crippen LogP) is 2.33. The number of hydrogen-bond donors (Lipinski definition) is 0. The first-order valence-corrected chi connectivity index (χ1v) is 3.68. The number of rotatable bonds is 1. The quantitative estimate of drug-likeness (QED) is 0.390. The van der Waals surface area contributed by atoms with Gasteiger partial charge >= 0.3 is 10.5 Å². The van der Waals surface area contributed by atoms with E-state index in [9.17, 15) is 9.59 Å². The van der Waals surface area contributed by atoms with Crippen LogP contribution in [0.2, 0.25) is 0 Å². The lowest BCUT2D eigenvalue weighted by molar-refractivity contribution is -0.127. The van der Waals surface area contributed by atoms with Gasteiger partial charge in [0, 0.05) is 0 Å². The smallest absolute Gasteiger partial charge is 0.271 e. The molecule has 0 amide bonds. The third-order valence-corrected chi connectivity index (χ3v) is 0.595. The maximum Gasteiger partial charge on any atom is 0.304 e. The lowest BCUT2D eigenvalue weighted by Crippen LogP contribution is -1.94. The van der Waals surface area contributed by atoms with Crippen molar-refractivity contribution < 1.29 is 9.59 Å². The van der Waals surface area contributed by atoms with E-state index < -0.39 is 10.5 Å². The summed E-state index contributed by atoms with van der Waals surface area (Å²) in [4.78, 5) is 18.6. The number of carbonyl (C=O) groups excluding carboxylic acids is 2. The van der Waals surface area contributed by atoms with Crippen LogP contribution in [0.15, 0.2) is 0 Å². The molecule has 0 atom stereocenters. The van der Waals surface area contributed by atoms with Gasteiger partial charge in [0.25, 0.3) is 0 Å². The topological polar surface area (TPSA) is 34.1 Å². The molecule has 2 nitrogen and oxygen atoms in total. The molecule has 0 aromatic heterocycles. The van der Waals surface area contributed by atoms with Gasteiger partial charge in [-0.3, -0.25) is 9.59 Å². The largest absolute Gasteiger partial charge is 0.304 e. The highest BCUT2D eigenvalue weighted by Crippen LogP contribution is 1.95. The SMILES string of the molecule is CC(Cl)Cl.O=C(Cl)C(=O)Cl. The average Bonchev–Trinajstić information content (AvgIpc) is 1.63. The Kier molecular flexibility index (Phi) is 9.97. The Labute approximate surface area is 78.4 Å². The number of halogens is 4. The van der Waals surface area contributed by atoms with Crippen LogP contribution in [0, 0.1) is 0 Å². The van der Waals surface area contributed by atoms with E-state index in [1.54, 1.807) is 6.92 Å². The summed E-state index contributed by atoms with van der Waals surface area (Å²) in [7, 11) is 0. The Morgan fingerprint density at radius 1 is 1.10 bits per heavy atom. The van der Waals surface area contributed by atoms with Crippen molar-refractivity contribution in [3.8, 4) is 0 Å². The number of hydrogen-bond acceptors (Lipinski definition) is 2. The van der Waals surface area contributed by atoms with Crippen molar-refractivity contribution in [2.75, 3.05) is 0 Å². The van der Waals surface area contributed by atoms with Gasteiger partial charge in [-0.1, -0.05) is 0 Å². The number of alkyl halides is 2. The van der Waals surface area contributed by atoms with Crippen LogP contribution < -0.4 is 0 Å². The van der Waals surface area contributed by atoms with Crippen molar-refractivity contribution in [1.82, 2.24) is 0 Å². The second-order valence-corrected chi connectivity index (χ2v) is 3.29. The van der Waals surface area contributed by atoms with E-state index in [4.69, 9.17) is 23.2 Å². The molecule has 0 aromatic carbocycles. The normalized spacial score (nSPS) is 8.20. The molecule has 10 heavy (non-hydrogen) atoms.